The lowest BCUT2D eigenvalue weighted by Gasteiger charge is -2.21. The molecule has 1 N–H and O–H groups in total. The standard InChI is InChI=1S/C20H26ClN3O3S/c1-15(2)24(4)28(26,27)19-11-9-18(10-12-19)22-20(25)14-23(3)13-16-5-7-17(21)8-6-16/h5-12,15H,13-14H2,1-4H3,(H,22,25). The molecule has 0 unspecified atom stereocenters. The van der Waals surface area contributed by atoms with Crippen LogP contribution in [0, 0.1) is 0 Å². The first-order valence-corrected chi connectivity index (χ1v) is 10.7. The van der Waals surface area contributed by atoms with Gasteiger partial charge in [0.15, 0.2) is 0 Å². The fourth-order valence-electron chi connectivity index (χ4n) is 2.56. The van der Waals surface area contributed by atoms with E-state index in [4.69, 9.17) is 11.6 Å². The zero-order valence-electron chi connectivity index (χ0n) is 16.5. The van der Waals surface area contributed by atoms with Gasteiger partial charge in [-0.25, -0.2) is 8.42 Å². The van der Waals surface area contributed by atoms with Gasteiger partial charge in [-0.15, -0.1) is 0 Å². The molecule has 0 aliphatic rings. The van der Waals surface area contributed by atoms with Gasteiger partial charge in [0.05, 0.1) is 11.4 Å². The van der Waals surface area contributed by atoms with Crippen molar-refractivity contribution in [3.63, 3.8) is 0 Å². The Bertz CT molecular complexity index is 897. The number of likely N-dealkylation sites (N-methyl/N-ethyl adjacent to an activating group) is 1. The van der Waals surface area contributed by atoms with E-state index in [1.807, 2.05) is 50.1 Å². The minimum atomic E-state index is -3.54. The van der Waals surface area contributed by atoms with Crippen molar-refractivity contribution in [3.05, 3.63) is 59.1 Å². The van der Waals surface area contributed by atoms with Crippen LogP contribution in [0.2, 0.25) is 5.02 Å². The van der Waals surface area contributed by atoms with E-state index in [-0.39, 0.29) is 23.4 Å². The number of benzene rings is 2. The zero-order valence-corrected chi connectivity index (χ0v) is 18.1. The van der Waals surface area contributed by atoms with E-state index < -0.39 is 10.0 Å². The van der Waals surface area contributed by atoms with Crippen LogP contribution in [0.3, 0.4) is 0 Å². The van der Waals surface area contributed by atoms with Gasteiger partial charge >= 0.3 is 0 Å². The molecule has 1 amide bonds. The van der Waals surface area contributed by atoms with Gasteiger partial charge in [-0.05, 0) is 62.9 Å². The minimum Gasteiger partial charge on any atom is -0.325 e. The van der Waals surface area contributed by atoms with Gasteiger partial charge in [-0.2, -0.15) is 4.31 Å². The molecule has 2 rings (SSSR count). The lowest BCUT2D eigenvalue weighted by molar-refractivity contribution is -0.117. The van der Waals surface area contributed by atoms with Crippen molar-refractivity contribution in [1.82, 2.24) is 9.21 Å². The van der Waals surface area contributed by atoms with E-state index >= 15 is 0 Å². The van der Waals surface area contributed by atoms with Crippen LogP contribution >= 0.6 is 11.6 Å². The fourth-order valence-corrected chi connectivity index (χ4v) is 4.05. The van der Waals surface area contributed by atoms with Crippen molar-refractivity contribution in [2.45, 2.75) is 31.3 Å². The Hall–Kier alpha value is -1.93. The highest BCUT2D eigenvalue weighted by atomic mass is 35.5. The first kappa shape index (κ1) is 22.4. The normalized spacial score (nSPS) is 12.0. The molecule has 0 fully saturated rings. The van der Waals surface area contributed by atoms with Gasteiger partial charge in [0.1, 0.15) is 0 Å². The Morgan fingerprint density at radius 1 is 1.04 bits per heavy atom. The summed E-state index contributed by atoms with van der Waals surface area (Å²) in [5, 5.41) is 3.46. The second-order valence-electron chi connectivity index (χ2n) is 6.99. The molecule has 152 valence electrons. The maximum atomic E-state index is 12.5. The van der Waals surface area contributed by atoms with E-state index in [2.05, 4.69) is 5.32 Å². The number of nitrogens with one attached hydrogen (secondary N) is 1. The molecule has 0 aliphatic carbocycles. The Kier molecular flexibility index (Phi) is 7.60. The summed E-state index contributed by atoms with van der Waals surface area (Å²) >= 11 is 5.88. The zero-order chi connectivity index (χ0) is 20.9. The van der Waals surface area contributed by atoms with Crippen molar-refractivity contribution in [2.75, 3.05) is 26.0 Å². The summed E-state index contributed by atoms with van der Waals surface area (Å²) < 4.78 is 26.3. The van der Waals surface area contributed by atoms with Crippen LogP contribution in [0.1, 0.15) is 19.4 Å². The van der Waals surface area contributed by atoms with Gasteiger partial charge < -0.3 is 5.32 Å². The van der Waals surface area contributed by atoms with Gasteiger partial charge in [-0.1, -0.05) is 23.7 Å². The molecule has 0 radical (unpaired) electrons. The first-order valence-electron chi connectivity index (χ1n) is 8.90. The molecule has 0 aromatic heterocycles. The average molecular weight is 424 g/mol. The Morgan fingerprint density at radius 2 is 1.61 bits per heavy atom. The van der Waals surface area contributed by atoms with Crippen LogP contribution in [0.15, 0.2) is 53.4 Å². The lowest BCUT2D eigenvalue weighted by Crippen LogP contribution is -2.33. The molecule has 2 aromatic rings. The Labute approximate surface area is 172 Å². The molecule has 0 aliphatic heterocycles. The second-order valence-corrected chi connectivity index (χ2v) is 9.42. The molecule has 28 heavy (non-hydrogen) atoms. The summed E-state index contributed by atoms with van der Waals surface area (Å²) in [7, 11) is -0.137. The number of amides is 1. The van der Waals surface area contributed by atoms with E-state index in [0.29, 0.717) is 17.3 Å². The van der Waals surface area contributed by atoms with Crippen LogP contribution in [0.25, 0.3) is 0 Å². The van der Waals surface area contributed by atoms with Crippen molar-refractivity contribution in [3.8, 4) is 0 Å². The molecular formula is C20H26ClN3O3S. The maximum Gasteiger partial charge on any atom is 0.243 e. The van der Waals surface area contributed by atoms with E-state index in [1.54, 1.807) is 19.2 Å². The first-order chi connectivity index (χ1) is 13.1. The summed E-state index contributed by atoms with van der Waals surface area (Å²) in [6, 6.07) is 13.5. The number of anilines is 1. The third-order valence-electron chi connectivity index (χ3n) is 4.32. The molecule has 0 bridgehead atoms. The van der Waals surface area contributed by atoms with Gasteiger partial charge in [0.2, 0.25) is 15.9 Å². The smallest absolute Gasteiger partial charge is 0.243 e. The van der Waals surface area contributed by atoms with E-state index in [9.17, 15) is 13.2 Å². The Morgan fingerprint density at radius 3 is 2.14 bits per heavy atom. The predicted octanol–water partition coefficient (Wildman–Crippen LogP) is 3.44. The SMILES string of the molecule is CC(C)N(C)S(=O)(=O)c1ccc(NC(=O)CN(C)Cc2ccc(Cl)cc2)cc1. The lowest BCUT2D eigenvalue weighted by atomic mass is 10.2. The third kappa shape index (κ3) is 6.04. The molecule has 6 nitrogen and oxygen atoms in total. The molecule has 2 aromatic carbocycles. The summed E-state index contributed by atoms with van der Waals surface area (Å²) in [4.78, 5) is 14.3. The highest BCUT2D eigenvalue weighted by molar-refractivity contribution is 7.89. The largest absolute Gasteiger partial charge is 0.325 e. The minimum absolute atomic E-state index is 0.138. The monoisotopic (exact) mass is 423 g/mol. The highest BCUT2D eigenvalue weighted by Gasteiger charge is 2.22. The summed E-state index contributed by atoms with van der Waals surface area (Å²) in [5.41, 5.74) is 1.61. The van der Waals surface area contributed by atoms with Crippen LogP contribution in [-0.4, -0.2) is 50.2 Å². The summed E-state index contributed by atoms with van der Waals surface area (Å²) in [6.45, 7) is 4.45. The number of hydrogen-bond donors (Lipinski definition) is 1. The number of sulfonamides is 1. The molecule has 0 saturated carbocycles. The number of carbonyl (C=O) groups is 1. The van der Waals surface area contributed by atoms with E-state index in [1.165, 1.54) is 16.4 Å². The third-order valence-corrected chi connectivity index (χ3v) is 6.62. The van der Waals surface area contributed by atoms with Crippen LogP contribution < -0.4 is 5.32 Å². The highest BCUT2D eigenvalue weighted by Crippen LogP contribution is 2.19. The molecule has 0 spiro atoms. The number of nitrogens with zero attached hydrogens (tertiary/aromatic N) is 2. The maximum absolute atomic E-state index is 12.5. The van der Waals surface area contributed by atoms with Crippen molar-refractivity contribution in [2.24, 2.45) is 0 Å². The van der Waals surface area contributed by atoms with Crippen molar-refractivity contribution < 1.29 is 13.2 Å². The predicted molar refractivity (Wildman–Crippen MR) is 113 cm³/mol. The number of halogens is 1. The summed E-state index contributed by atoms with van der Waals surface area (Å²) in [6.07, 6.45) is 0. The molecule has 8 heteroatoms. The number of rotatable bonds is 8. The van der Waals surface area contributed by atoms with Crippen molar-refractivity contribution in [1.29, 1.82) is 0 Å². The van der Waals surface area contributed by atoms with Gasteiger partial charge in [-0.3, -0.25) is 9.69 Å². The molecule has 0 heterocycles. The van der Waals surface area contributed by atoms with Crippen molar-refractivity contribution >= 4 is 33.2 Å². The summed E-state index contributed by atoms with van der Waals surface area (Å²) in [5.74, 6) is -0.175. The van der Waals surface area contributed by atoms with Crippen LogP contribution in [0.5, 0.6) is 0 Å². The fraction of sp³-hybridized carbons (Fsp3) is 0.350. The number of hydrogen-bond acceptors (Lipinski definition) is 4. The van der Waals surface area contributed by atoms with Gasteiger partial charge in [0.25, 0.3) is 0 Å². The molecular weight excluding hydrogens is 398 g/mol. The average Bonchev–Trinajstić information content (AvgIpc) is 2.63. The molecule has 0 atom stereocenters. The number of carbonyl (C=O) groups excluding carboxylic acids is 1. The van der Waals surface area contributed by atoms with Crippen LogP contribution in [-0.2, 0) is 21.4 Å². The van der Waals surface area contributed by atoms with Crippen LogP contribution in [0.4, 0.5) is 5.69 Å². The topological polar surface area (TPSA) is 69.7 Å². The van der Waals surface area contributed by atoms with Gasteiger partial charge in [0, 0.05) is 30.3 Å². The Balaban J connectivity index is 1.94. The van der Waals surface area contributed by atoms with E-state index in [0.717, 1.165) is 5.56 Å². The second kappa shape index (κ2) is 9.52. The molecule has 0 saturated heterocycles. The quantitative estimate of drug-likeness (QED) is 0.706.